The maximum absolute atomic E-state index is 11.4. The van der Waals surface area contributed by atoms with Crippen molar-refractivity contribution >= 4 is 22.4 Å². The summed E-state index contributed by atoms with van der Waals surface area (Å²) in [6, 6.07) is 0. The first-order valence-corrected chi connectivity index (χ1v) is 7.63. The lowest BCUT2D eigenvalue weighted by Gasteiger charge is -2.06. The van der Waals surface area contributed by atoms with Crippen molar-refractivity contribution in [3.63, 3.8) is 0 Å². The number of thiazole rings is 1. The van der Waals surface area contributed by atoms with E-state index in [-0.39, 0.29) is 11.8 Å². The second-order valence-corrected chi connectivity index (χ2v) is 6.13. The van der Waals surface area contributed by atoms with Gasteiger partial charge in [0.25, 0.3) is 0 Å². The van der Waals surface area contributed by atoms with Crippen LogP contribution in [0.1, 0.15) is 17.7 Å². The van der Waals surface area contributed by atoms with Gasteiger partial charge in [0.05, 0.1) is 12.0 Å². The third-order valence-electron chi connectivity index (χ3n) is 3.06. The number of ether oxygens (including phenoxy) is 1. The highest BCUT2D eigenvalue weighted by Crippen LogP contribution is 2.30. The largest absolute Gasteiger partial charge is 0.480 e. The molecule has 0 aromatic carbocycles. The zero-order valence-electron chi connectivity index (χ0n) is 12.2. The highest BCUT2D eigenvalue weighted by molar-refractivity contribution is 7.15. The molecule has 112 valence electrons. The number of nitrogens with zero attached hydrogens (tertiary/aromatic N) is 2. The molecule has 20 heavy (non-hydrogen) atoms. The van der Waals surface area contributed by atoms with E-state index in [1.807, 2.05) is 19.0 Å². The van der Waals surface area contributed by atoms with Gasteiger partial charge in [-0.05, 0) is 12.8 Å². The number of hydrogen-bond acceptors (Lipinski definition) is 6. The second-order valence-electron chi connectivity index (χ2n) is 5.07. The molecule has 2 N–H and O–H groups in total. The Labute approximate surface area is 123 Å². The number of methoxy groups -OCH3 is 1. The Hall–Kier alpha value is -1.34. The molecule has 1 aliphatic carbocycles. The van der Waals surface area contributed by atoms with Crippen LogP contribution in [0, 0.1) is 5.92 Å². The number of hydrogen-bond donors (Lipinski definition) is 2. The summed E-state index contributed by atoms with van der Waals surface area (Å²) in [5, 5.41) is 7.16. The molecule has 0 atom stereocenters. The number of aromatic nitrogens is 1. The normalized spacial score (nSPS) is 14.2. The van der Waals surface area contributed by atoms with Crippen LogP contribution >= 0.6 is 11.3 Å². The Morgan fingerprint density at radius 2 is 2.20 bits per heavy atom. The average Bonchev–Trinajstić information content (AvgIpc) is 3.19. The quantitative estimate of drug-likeness (QED) is 0.696. The van der Waals surface area contributed by atoms with E-state index in [0.29, 0.717) is 19.0 Å². The van der Waals surface area contributed by atoms with Crippen LogP contribution in [0.25, 0.3) is 0 Å². The van der Waals surface area contributed by atoms with Gasteiger partial charge in [0.2, 0.25) is 11.8 Å². The SMILES string of the molecule is COc1nc(N(C)C)sc1CNCCNC(=O)C1CC1. The molecule has 1 aromatic rings. The highest BCUT2D eigenvalue weighted by atomic mass is 32.1. The van der Waals surface area contributed by atoms with E-state index in [1.54, 1.807) is 18.4 Å². The molecule has 1 aliphatic rings. The molecule has 0 bridgehead atoms. The summed E-state index contributed by atoms with van der Waals surface area (Å²) in [7, 11) is 5.56. The first-order chi connectivity index (χ1) is 9.61. The van der Waals surface area contributed by atoms with Crippen LogP contribution in [-0.2, 0) is 11.3 Å². The third-order valence-corrected chi connectivity index (χ3v) is 4.27. The fourth-order valence-electron chi connectivity index (χ4n) is 1.75. The molecule has 0 saturated heterocycles. The number of carbonyl (C=O) groups is 1. The predicted molar refractivity (Wildman–Crippen MR) is 80.4 cm³/mol. The molecule has 1 heterocycles. The summed E-state index contributed by atoms with van der Waals surface area (Å²) in [6.07, 6.45) is 2.09. The standard InChI is InChI=1S/C13H22N4O2S/c1-17(2)13-16-12(19-3)10(20-13)8-14-6-7-15-11(18)9-4-5-9/h9,14H,4-8H2,1-3H3,(H,15,18). The average molecular weight is 298 g/mol. The van der Waals surface area contributed by atoms with Crippen molar-refractivity contribution in [2.45, 2.75) is 19.4 Å². The number of nitrogens with one attached hydrogen (secondary N) is 2. The van der Waals surface area contributed by atoms with Gasteiger partial charge in [-0.25, -0.2) is 0 Å². The molecule has 0 radical (unpaired) electrons. The van der Waals surface area contributed by atoms with Gasteiger partial charge in [0.1, 0.15) is 0 Å². The van der Waals surface area contributed by atoms with Crippen LogP contribution < -0.4 is 20.3 Å². The smallest absolute Gasteiger partial charge is 0.230 e. The topological polar surface area (TPSA) is 66.5 Å². The lowest BCUT2D eigenvalue weighted by atomic mass is 10.4. The molecular formula is C13H22N4O2S. The van der Waals surface area contributed by atoms with Crippen LogP contribution in [0.3, 0.4) is 0 Å². The lowest BCUT2D eigenvalue weighted by Crippen LogP contribution is -2.32. The molecule has 1 amide bonds. The van der Waals surface area contributed by atoms with Gasteiger partial charge in [0, 0.05) is 39.6 Å². The van der Waals surface area contributed by atoms with Crippen molar-refractivity contribution in [1.82, 2.24) is 15.6 Å². The Kier molecular flexibility index (Phi) is 5.19. The Morgan fingerprint density at radius 3 is 2.80 bits per heavy atom. The van der Waals surface area contributed by atoms with E-state index in [2.05, 4.69) is 15.6 Å². The minimum atomic E-state index is 0.192. The summed E-state index contributed by atoms with van der Waals surface area (Å²) in [6.45, 7) is 2.11. The van der Waals surface area contributed by atoms with Crippen LogP contribution in [0.5, 0.6) is 5.88 Å². The number of amides is 1. The minimum Gasteiger partial charge on any atom is -0.480 e. The highest BCUT2D eigenvalue weighted by Gasteiger charge is 2.28. The summed E-state index contributed by atoms with van der Waals surface area (Å²) >= 11 is 1.61. The second kappa shape index (κ2) is 6.90. The van der Waals surface area contributed by atoms with Gasteiger partial charge in [-0.2, -0.15) is 4.98 Å². The first kappa shape index (κ1) is 15.1. The van der Waals surface area contributed by atoms with Crippen LogP contribution in [0.15, 0.2) is 0 Å². The molecule has 6 nitrogen and oxygen atoms in total. The van der Waals surface area contributed by atoms with E-state index < -0.39 is 0 Å². The predicted octanol–water partition coefficient (Wildman–Crippen LogP) is 0.833. The summed E-state index contributed by atoms with van der Waals surface area (Å²) in [4.78, 5) is 18.9. The number of anilines is 1. The van der Waals surface area contributed by atoms with Crippen molar-refractivity contribution in [2.24, 2.45) is 5.92 Å². The first-order valence-electron chi connectivity index (χ1n) is 6.81. The van der Waals surface area contributed by atoms with E-state index in [9.17, 15) is 4.79 Å². The molecule has 7 heteroatoms. The van der Waals surface area contributed by atoms with E-state index >= 15 is 0 Å². The molecule has 0 unspecified atom stereocenters. The van der Waals surface area contributed by atoms with E-state index in [4.69, 9.17) is 4.74 Å². The lowest BCUT2D eigenvalue weighted by molar-refractivity contribution is -0.122. The van der Waals surface area contributed by atoms with Gasteiger partial charge in [-0.1, -0.05) is 11.3 Å². The maximum atomic E-state index is 11.4. The zero-order chi connectivity index (χ0) is 14.5. The molecule has 1 aromatic heterocycles. The van der Waals surface area contributed by atoms with Crippen LogP contribution in [0.2, 0.25) is 0 Å². The fraction of sp³-hybridized carbons (Fsp3) is 0.692. The molecule has 1 fully saturated rings. The van der Waals surface area contributed by atoms with Gasteiger partial charge < -0.3 is 20.3 Å². The van der Waals surface area contributed by atoms with Gasteiger partial charge >= 0.3 is 0 Å². The minimum absolute atomic E-state index is 0.192. The van der Waals surface area contributed by atoms with E-state index in [0.717, 1.165) is 29.4 Å². The van der Waals surface area contributed by atoms with Gasteiger partial charge in [-0.15, -0.1) is 0 Å². The number of carbonyl (C=O) groups excluding carboxylic acids is 1. The molecular weight excluding hydrogens is 276 g/mol. The Morgan fingerprint density at radius 1 is 1.45 bits per heavy atom. The van der Waals surface area contributed by atoms with Crippen molar-refractivity contribution in [2.75, 3.05) is 39.2 Å². The van der Waals surface area contributed by atoms with Crippen molar-refractivity contribution in [1.29, 1.82) is 0 Å². The zero-order valence-corrected chi connectivity index (χ0v) is 13.0. The molecule has 0 spiro atoms. The monoisotopic (exact) mass is 298 g/mol. The molecule has 1 saturated carbocycles. The van der Waals surface area contributed by atoms with Gasteiger partial charge in [-0.3, -0.25) is 4.79 Å². The Bertz CT molecular complexity index is 457. The third kappa shape index (κ3) is 4.08. The summed E-state index contributed by atoms with van der Waals surface area (Å²) in [5.74, 6) is 1.14. The van der Waals surface area contributed by atoms with Crippen molar-refractivity contribution in [3.8, 4) is 5.88 Å². The van der Waals surface area contributed by atoms with Crippen molar-refractivity contribution in [3.05, 3.63) is 4.88 Å². The van der Waals surface area contributed by atoms with Crippen LogP contribution in [-0.4, -0.2) is 45.2 Å². The number of rotatable bonds is 8. The van der Waals surface area contributed by atoms with Crippen molar-refractivity contribution < 1.29 is 9.53 Å². The molecule has 0 aliphatic heterocycles. The maximum Gasteiger partial charge on any atom is 0.230 e. The van der Waals surface area contributed by atoms with E-state index in [1.165, 1.54) is 0 Å². The van der Waals surface area contributed by atoms with Crippen LogP contribution in [0.4, 0.5) is 5.13 Å². The Balaban J connectivity index is 1.71. The molecule has 2 rings (SSSR count). The summed E-state index contributed by atoms with van der Waals surface area (Å²) in [5.41, 5.74) is 0. The summed E-state index contributed by atoms with van der Waals surface area (Å²) < 4.78 is 5.27. The fourth-order valence-corrected chi connectivity index (χ4v) is 2.68. The van der Waals surface area contributed by atoms with Gasteiger partial charge in [0.15, 0.2) is 5.13 Å².